The molecule has 0 atom stereocenters. The second-order valence-electron chi connectivity index (χ2n) is 7.41. The van der Waals surface area contributed by atoms with Crippen LogP contribution in [0.5, 0.6) is 0 Å². The van der Waals surface area contributed by atoms with E-state index in [1.165, 1.54) is 64.5 Å². The second-order valence-corrected chi connectivity index (χ2v) is 7.41. The van der Waals surface area contributed by atoms with Gasteiger partial charge in [-0.2, -0.15) is 0 Å². The first-order valence-electron chi connectivity index (χ1n) is 7.93. The van der Waals surface area contributed by atoms with Gasteiger partial charge >= 0.3 is 0 Å². The Labute approximate surface area is 107 Å². The van der Waals surface area contributed by atoms with Crippen molar-refractivity contribution in [1.29, 1.82) is 0 Å². The number of piperidine rings is 1. The highest BCUT2D eigenvalue weighted by Crippen LogP contribution is 2.47. The summed E-state index contributed by atoms with van der Waals surface area (Å²) in [6.07, 6.45) is 12.1. The zero-order chi connectivity index (χ0) is 11.9. The maximum Gasteiger partial charge on any atom is 0.0101 e. The summed E-state index contributed by atoms with van der Waals surface area (Å²) in [7, 11) is 0. The molecular formula is C16H29N. The standard InChI is InChI=1S/C16H29N/c1-13(2)14-10-15(11-14)17-9-5-8-16(12-17)6-3-4-7-16/h13-15H,3-12H2,1-2H3. The number of nitrogens with zero attached hydrogens (tertiary/aromatic N) is 1. The number of hydrogen-bond acceptors (Lipinski definition) is 1. The highest BCUT2D eigenvalue weighted by molar-refractivity contribution is 4.96. The van der Waals surface area contributed by atoms with E-state index in [0.717, 1.165) is 23.3 Å². The molecule has 98 valence electrons. The molecule has 0 aromatic heterocycles. The lowest BCUT2D eigenvalue weighted by molar-refractivity contribution is -0.00411. The first kappa shape index (κ1) is 12.0. The van der Waals surface area contributed by atoms with Crippen LogP contribution in [0.25, 0.3) is 0 Å². The van der Waals surface area contributed by atoms with Crippen LogP contribution in [0.1, 0.15) is 65.2 Å². The van der Waals surface area contributed by atoms with Crippen molar-refractivity contribution in [2.24, 2.45) is 17.3 Å². The minimum atomic E-state index is 0.765. The molecule has 0 bridgehead atoms. The third-order valence-corrected chi connectivity index (χ3v) is 5.96. The normalized spacial score (nSPS) is 37.6. The van der Waals surface area contributed by atoms with Gasteiger partial charge in [-0.3, -0.25) is 4.90 Å². The van der Waals surface area contributed by atoms with Gasteiger partial charge in [-0.15, -0.1) is 0 Å². The van der Waals surface area contributed by atoms with E-state index in [-0.39, 0.29) is 0 Å². The van der Waals surface area contributed by atoms with Crippen molar-refractivity contribution in [3.05, 3.63) is 0 Å². The molecule has 0 radical (unpaired) electrons. The average molecular weight is 235 g/mol. The maximum atomic E-state index is 2.87. The first-order chi connectivity index (χ1) is 8.19. The SMILES string of the molecule is CC(C)C1CC(N2CCCC3(CCCC3)C2)C1. The van der Waals surface area contributed by atoms with Crippen LogP contribution in [0.15, 0.2) is 0 Å². The average Bonchev–Trinajstić information content (AvgIpc) is 2.63. The maximum absolute atomic E-state index is 2.87. The summed E-state index contributed by atoms with van der Waals surface area (Å²) in [6.45, 7) is 7.64. The molecule has 3 aliphatic rings. The largest absolute Gasteiger partial charge is 0.300 e. The highest BCUT2D eigenvalue weighted by atomic mass is 15.2. The van der Waals surface area contributed by atoms with Gasteiger partial charge in [0.2, 0.25) is 0 Å². The molecule has 2 saturated carbocycles. The van der Waals surface area contributed by atoms with E-state index in [1.54, 1.807) is 0 Å². The third-order valence-electron chi connectivity index (χ3n) is 5.96. The van der Waals surface area contributed by atoms with Crippen LogP contribution in [-0.2, 0) is 0 Å². The topological polar surface area (TPSA) is 3.24 Å². The van der Waals surface area contributed by atoms with Crippen molar-refractivity contribution in [3.8, 4) is 0 Å². The van der Waals surface area contributed by atoms with Crippen molar-refractivity contribution < 1.29 is 0 Å². The second kappa shape index (κ2) is 4.57. The molecule has 3 fully saturated rings. The van der Waals surface area contributed by atoms with Gasteiger partial charge < -0.3 is 0 Å². The molecule has 0 aromatic rings. The lowest BCUT2D eigenvalue weighted by atomic mass is 9.70. The molecule has 0 unspecified atom stereocenters. The van der Waals surface area contributed by atoms with Crippen molar-refractivity contribution >= 4 is 0 Å². The zero-order valence-corrected chi connectivity index (χ0v) is 11.8. The fraction of sp³-hybridized carbons (Fsp3) is 1.00. The molecule has 0 N–H and O–H groups in total. The van der Waals surface area contributed by atoms with Gasteiger partial charge in [0.15, 0.2) is 0 Å². The summed E-state index contributed by atoms with van der Waals surface area (Å²) in [4.78, 5) is 2.87. The Kier molecular flexibility index (Phi) is 3.23. The van der Waals surface area contributed by atoms with Gasteiger partial charge in [0.1, 0.15) is 0 Å². The predicted octanol–water partition coefficient (Wildman–Crippen LogP) is 4.08. The highest BCUT2D eigenvalue weighted by Gasteiger charge is 2.42. The Hall–Kier alpha value is -0.0400. The Morgan fingerprint density at radius 2 is 1.65 bits per heavy atom. The Morgan fingerprint density at radius 3 is 2.29 bits per heavy atom. The molecule has 1 aliphatic heterocycles. The number of likely N-dealkylation sites (tertiary alicyclic amines) is 1. The van der Waals surface area contributed by atoms with Crippen LogP contribution in [0.3, 0.4) is 0 Å². The fourth-order valence-electron chi connectivity index (χ4n) is 4.56. The van der Waals surface area contributed by atoms with Crippen molar-refractivity contribution in [2.75, 3.05) is 13.1 Å². The Balaban J connectivity index is 1.55. The Bertz CT molecular complexity index is 259. The lowest BCUT2D eigenvalue weighted by Gasteiger charge is -2.50. The predicted molar refractivity (Wildman–Crippen MR) is 73.1 cm³/mol. The molecule has 1 nitrogen and oxygen atoms in total. The molecule has 3 rings (SSSR count). The van der Waals surface area contributed by atoms with Crippen LogP contribution < -0.4 is 0 Å². The summed E-state index contributed by atoms with van der Waals surface area (Å²) in [5.74, 6) is 1.94. The molecule has 1 spiro atoms. The van der Waals surface area contributed by atoms with E-state index in [2.05, 4.69) is 18.7 Å². The lowest BCUT2D eigenvalue weighted by Crippen LogP contribution is -2.52. The van der Waals surface area contributed by atoms with Gasteiger partial charge in [0, 0.05) is 12.6 Å². The van der Waals surface area contributed by atoms with E-state index in [1.807, 2.05) is 0 Å². The van der Waals surface area contributed by atoms with E-state index in [9.17, 15) is 0 Å². The number of rotatable bonds is 2. The minimum absolute atomic E-state index is 0.765. The van der Waals surface area contributed by atoms with Gasteiger partial charge in [0.05, 0.1) is 0 Å². The van der Waals surface area contributed by atoms with Crippen LogP contribution in [-0.4, -0.2) is 24.0 Å². The first-order valence-corrected chi connectivity index (χ1v) is 7.93. The monoisotopic (exact) mass is 235 g/mol. The summed E-state index contributed by atoms with van der Waals surface area (Å²) in [5.41, 5.74) is 0.765. The molecule has 1 saturated heterocycles. The van der Waals surface area contributed by atoms with Crippen LogP contribution >= 0.6 is 0 Å². The van der Waals surface area contributed by atoms with E-state index in [4.69, 9.17) is 0 Å². The van der Waals surface area contributed by atoms with E-state index >= 15 is 0 Å². The fourth-order valence-corrected chi connectivity index (χ4v) is 4.56. The van der Waals surface area contributed by atoms with Gasteiger partial charge in [-0.05, 0) is 62.3 Å². The third kappa shape index (κ3) is 2.28. The molecule has 0 amide bonds. The van der Waals surface area contributed by atoms with E-state index < -0.39 is 0 Å². The molecule has 1 heteroatoms. The van der Waals surface area contributed by atoms with Crippen LogP contribution in [0.2, 0.25) is 0 Å². The van der Waals surface area contributed by atoms with Crippen LogP contribution in [0.4, 0.5) is 0 Å². The Morgan fingerprint density at radius 1 is 1.00 bits per heavy atom. The number of hydrogen-bond donors (Lipinski definition) is 0. The minimum Gasteiger partial charge on any atom is -0.300 e. The summed E-state index contributed by atoms with van der Waals surface area (Å²) >= 11 is 0. The van der Waals surface area contributed by atoms with Crippen LogP contribution in [0, 0.1) is 17.3 Å². The molecule has 2 aliphatic carbocycles. The van der Waals surface area contributed by atoms with Crippen molar-refractivity contribution in [3.63, 3.8) is 0 Å². The quantitative estimate of drug-likeness (QED) is 0.697. The zero-order valence-electron chi connectivity index (χ0n) is 11.8. The molecule has 0 aromatic carbocycles. The van der Waals surface area contributed by atoms with Crippen molar-refractivity contribution in [1.82, 2.24) is 4.90 Å². The summed E-state index contributed by atoms with van der Waals surface area (Å²) in [5, 5.41) is 0. The van der Waals surface area contributed by atoms with Gasteiger partial charge in [0.25, 0.3) is 0 Å². The molecule has 17 heavy (non-hydrogen) atoms. The smallest absolute Gasteiger partial charge is 0.0101 e. The van der Waals surface area contributed by atoms with Gasteiger partial charge in [-0.1, -0.05) is 26.7 Å². The summed E-state index contributed by atoms with van der Waals surface area (Å²) < 4.78 is 0. The van der Waals surface area contributed by atoms with E-state index in [0.29, 0.717) is 0 Å². The molecular weight excluding hydrogens is 206 g/mol. The van der Waals surface area contributed by atoms with Crippen molar-refractivity contribution in [2.45, 2.75) is 71.3 Å². The summed E-state index contributed by atoms with van der Waals surface area (Å²) in [6, 6.07) is 0.958. The van der Waals surface area contributed by atoms with Gasteiger partial charge in [-0.25, -0.2) is 0 Å². The molecule has 1 heterocycles.